The second-order valence-corrected chi connectivity index (χ2v) is 5.92. The number of hydrogen-bond acceptors (Lipinski definition) is 4. The minimum Gasteiger partial charge on any atom is -0.444 e. The molecule has 3 rings (SSSR count). The van der Waals surface area contributed by atoms with Crippen molar-refractivity contribution in [1.29, 1.82) is 0 Å². The monoisotopic (exact) mass is 327 g/mol. The standard InChI is InChI=1S/C18H21N3O3/c1-4-17(22)21-8-7-13-9-14(5-6-15(13)21)18(23)19-10-16-20-11(2)12(3)24-16/h5-6,9H,4,7-8,10H2,1-3H3,(H,19,23). The number of amides is 2. The molecular weight excluding hydrogens is 306 g/mol. The fourth-order valence-corrected chi connectivity index (χ4v) is 2.87. The van der Waals surface area contributed by atoms with Crippen LogP contribution < -0.4 is 10.2 Å². The highest BCUT2D eigenvalue weighted by molar-refractivity contribution is 5.98. The lowest BCUT2D eigenvalue weighted by atomic mass is 10.1. The number of hydrogen-bond donors (Lipinski definition) is 1. The SMILES string of the molecule is CCC(=O)N1CCc2cc(C(=O)NCc3nc(C)c(C)o3)ccc21. The molecule has 0 radical (unpaired) electrons. The predicted octanol–water partition coefficient (Wildman–Crippen LogP) is 2.52. The van der Waals surface area contributed by atoms with Crippen LogP contribution in [0.2, 0.25) is 0 Å². The third-order valence-electron chi connectivity index (χ3n) is 4.31. The van der Waals surface area contributed by atoms with Crippen LogP contribution in [-0.2, 0) is 17.8 Å². The minimum absolute atomic E-state index is 0.112. The molecule has 0 unspecified atom stereocenters. The predicted molar refractivity (Wildman–Crippen MR) is 89.9 cm³/mol. The Labute approximate surface area is 140 Å². The molecule has 2 amide bonds. The van der Waals surface area contributed by atoms with E-state index in [1.807, 2.05) is 32.9 Å². The number of rotatable bonds is 4. The van der Waals surface area contributed by atoms with Crippen LogP contribution in [0.15, 0.2) is 22.6 Å². The number of carbonyl (C=O) groups excluding carboxylic acids is 2. The maximum absolute atomic E-state index is 12.3. The zero-order valence-electron chi connectivity index (χ0n) is 14.2. The van der Waals surface area contributed by atoms with Gasteiger partial charge in [0.1, 0.15) is 5.76 Å². The first-order valence-electron chi connectivity index (χ1n) is 8.14. The number of anilines is 1. The summed E-state index contributed by atoms with van der Waals surface area (Å²) in [6, 6.07) is 5.46. The molecule has 126 valence electrons. The van der Waals surface area contributed by atoms with E-state index in [9.17, 15) is 9.59 Å². The van der Waals surface area contributed by atoms with E-state index in [-0.39, 0.29) is 18.4 Å². The van der Waals surface area contributed by atoms with Crippen molar-refractivity contribution in [2.45, 2.75) is 40.2 Å². The molecule has 0 fully saturated rings. The number of carbonyl (C=O) groups is 2. The molecule has 0 atom stereocenters. The Morgan fingerprint density at radius 1 is 1.33 bits per heavy atom. The largest absolute Gasteiger partial charge is 0.444 e. The van der Waals surface area contributed by atoms with Gasteiger partial charge in [0.05, 0.1) is 12.2 Å². The molecule has 6 heteroatoms. The number of nitrogens with one attached hydrogen (secondary N) is 1. The van der Waals surface area contributed by atoms with Gasteiger partial charge in [0.15, 0.2) is 0 Å². The molecule has 0 bridgehead atoms. The lowest BCUT2D eigenvalue weighted by Gasteiger charge is -2.16. The minimum atomic E-state index is -0.174. The van der Waals surface area contributed by atoms with Gasteiger partial charge >= 0.3 is 0 Å². The van der Waals surface area contributed by atoms with Crippen molar-refractivity contribution >= 4 is 17.5 Å². The number of nitrogens with zero attached hydrogens (tertiary/aromatic N) is 2. The first-order chi connectivity index (χ1) is 11.5. The van der Waals surface area contributed by atoms with E-state index in [0.717, 1.165) is 29.1 Å². The first kappa shape index (κ1) is 16.2. The fraction of sp³-hybridized carbons (Fsp3) is 0.389. The van der Waals surface area contributed by atoms with E-state index >= 15 is 0 Å². The maximum atomic E-state index is 12.3. The zero-order chi connectivity index (χ0) is 17.3. The second kappa shape index (κ2) is 6.47. The van der Waals surface area contributed by atoms with Crippen molar-refractivity contribution in [3.05, 3.63) is 46.7 Å². The first-order valence-corrected chi connectivity index (χ1v) is 8.14. The summed E-state index contributed by atoms with van der Waals surface area (Å²) in [5.41, 5.74) is 3.36. The Balaban J connectivity index is 1.69. The summed E-state index contributed by atoms with van der Waals surface area (Å²) in [6.45, 7) is 6.51. The number of aromatic nitrogens is 1. The topological polar surface area (TPSA) is 75.4 Å². The van der Waals surface area contributed by atoms with Gasteiger partial charge in [-0.25, -0.2) is 4.98 Å². The van der Waals surface area contributed by atoms with Gasteiger partial charge in [-0.05, 0) is 44.0 Å². The number of aryl methyl sites for hydroxylation is 2. The van der Waals surface area contributed by atoms with Gasteiger partial charge < -0.3 is 14.6 Å². The van der Waals surface area contributed by atoms with Crippen molar-refractivity contribution in [2.75, 3.05) is 11.4 Å². The van der Waals surface area contributed by atoms with E-state index in [1.54, 1.807) is 11.0 Å². The van der Waals surface area contributed by atoms with Gasteiger partial charge in [-0.15, -0.1) is 0 Å². The molecule has 2 heterocycles. The highest BCUT2D eigenvalue weighted by Crippen LogP contribution is 2.29. The molecule has 1 aromatic heterocycles. The van der Waals surface area contributed by atoms with E-state index in [4.69, 9.17) is 4.42 Å². The molecular formula is C18H21N3O3. The van der Waals surface area contributed by atoms with E-state index in [2.05, 4.69) is 10.3 Å². The molecule has 24 heavy (non-hydrogen) atoms. The third-order valence-corrected chi connectivity index (χ3v) is 4.31. The Kier molecular flexibility index (Phi) is 4.38. The van der Waals surface area contributed by atoms with Gasteiger partial charge in [0, 0.05) is 24.2 Å². The summed E-state index contributed by atoms with van der Waals surface area (Å²) >= 11 is 0. The van der Waals surface area contributed by atoms with Crippen LogP contribution in [-0.4, -0.2) is 23.3 Å². The molecule has 1 aromatic carbocycles. The van der Waals surface area contributed by atoms with E-state index in [1.165, 1.54) is 0 Å². The molecule has 1 N–H and O–H groups in total. The van der Waals surface area contributed by atoms with Crippen LogP contribution in [0, 0.1) is 13.8 Å². The van der Waals surface area contributed by atoms with Crippen LogP contribution in [0.5, 0.6) is 0 Å². The van der Waals surface area contributed by atoms with Gasteiger partial charge in [0.25, 0.3) is 5.91 Å². The normalized spacial score (nSPS) is 13.0. The fourth-order valence-electron chi connectivity index (χ4n) is 2.87. The maximum Gasteiger partial charge on any atom is 0.251 e. The number of fused-ring (bicyclic) bond motifs is 1. The zero-order valence-corrected chi connectivity index (χ0v) is 14.2. The number of benzene rings is 1. The van der Waals surface area contributed by atoms with Crippen LogP contribution in [0.3, 0.4) is 0 Å². The summed E-state index contributed by atoms with van der Waals surface area (Å²) in [7, 11) is 0. The van der Waals surface area contributed by atoms with Crippen LogP contribution in [0.4, 0.5) is 5.69 Å². The Hall–Kier alpha value is -2.63. The van der Waals surface area contributed by atoms with Crippen molar-refractivity contribution in [2.24, 2.45) is 0 Å². The van der Waals surface area contributed by atoms with Crippen molar-refractivity contribution in [3.8, 4) is 0 Å². The van der Waals surface area contributed by atoms with Crippen LogP contribution >= 0.6 is 0 Å². The second-order valence-electron chi connectivity index (χ2n) is 5.92. The molecule has 2 aromatic rings. The Bertz CT molecular complexity index is 775. The van der Waals surface area contributed by atoms with Crippen LogP contribution in [0.1, 0.15) is 46.6 Å². The number of oxazole rings is 1. The summed E-state index contributed by atoms with van der Waals surface area (Å²) in [5.74, 6) is 1.20. The molecule has 0 saturated carbocycles. The van der Waals surface area contributed by atoms with Crippen molar-refractivity contribution in [1.82, 2.24) is 10.3 Å². The highest BCUT2D eigenvalue weighted by Gasteiger charge is 2.24. The third kappa shape index (κ3) is 3.04. The van der Waals surface area contributed by atoms with Crippen molar-refractivity contribution < 1.29 is 14.0 Å². The Morgan fingerprint density at radius 3 is 2.79 bits per heavy atom. The molecule has 0 saturated heterocycles. The van der Waals surface area contributed by atoms with Crippen LogP contribution in [0.25, 0.3) is 0 Å². The lowest BCUT2D eigenvalue weighted by molar-refractivity contribution is -0.118. The molecule has 0 aliphatic carbocycles. The summed E-state index contributed by atoms with van der Waals surface area (Å²) in [6.07, 6.45) is 1.26. The van der Waals surface area contributed by atoms with E-state index in [0.29, 0.717) is 24.4 Å². The molecule has 0 spiro atoms. The van der Waals surface area contributed by atoms with Gasteiger partial charge in [-0.1, -0.05) is 6.92 Å². The highest BCUT2D eigenvalue weighted by atomic mass is 16.4. The smallest absolute Gasteiger partial charge is 0.251 e. The Morgan fingerprint density at radius 2 is 2.12 bits per heavy atom. The summed E-state index contributed by atoms with van der Waals surface area (Å²) in [5, 5.41) is 2.82. The van der Waals surface area contributed by atoms with Gasteiger partial charge in [0.2, 0.25) is 11.8 Å². The lowest BCUT2D eigenvalue weighted by Crippen LogP contribution is -2.27. The quantitative estimate of drug-likeness (QED) is 0.936. The average Bonchev–Trinajstić information content (AvgIpc) is 3.14. The summed E-state index contributed by atoms with van der Waals surface area (Å²) < 4.78 is 5.46. The summed E-state index contributed by atoms with van der Waals surface area (Å²) in [4.78, 5) is 30.3. The van der Waals surface area contributed by atoms with Crippen molar-refractivity contribution in [3.63, 3.8) is 0 Å². The molecule has 1 aliphatic heterocycles. The van der Waals surface area contributed by atoms with Gasteiger partial charge in [-0.3, -0.25) is 9.59 Å². The average molecular weight is 327 g/mol. The van der Waals surface area contributed by atoms with Gasteiger partial charge in [-0.2, -0.15) is 0 Å². The van der Waals surface area contributed by atoms with E-state index < -0.39 is 0 Å². The molecule has 6 nitrogen and oxygen atoms in total. The molecule has 1 aliphatic rings.